The van der Waals surface area contributed by atoms with Crippen LogP contribution in [0.2, 0.25) is 0 Å². The van der Waals surface area contributed by atoms with Crippen molar-refractivity contribution in [1.82, 2.24) is 5.32 Å². The van der Waals surface area contributed by atoms with E-state index in [4.69, 9.17) is 0 Å². The average molecular weight is 274 g/mol. The van der Waals surface area contributed by atoms with Gasteiger partial charge in [0.2, 0.25) is 5.91 Å². The van der Waals surface area contributed by atoms with Crippen LogP contribution in [-0.4, -0.2) is 12.5 Å². The minimum Gasteiger partial charge on any atom is -0.326 e. The van der Waals surface area contributed by atoms with Gasteiger partial charge in [0.25, 0.3) is 0 Å². The molecule has 1 heterocycles. The third-order valence-electron chi connectivity index (χ3n) is 4.21. The Morgan fingerprint density at radius 2 is 2.10 bits per heavy atom. The Morgan fingerprint density at radius 1 is 1.30 bits per heavy atom. The van der Waals surface area contributed by atoms with Gasteiger partial charge in [0.15, 0.2) is 0 Å². The van der Waals surface area contributed by atoms with Crippen LogP contribution in [-0.2, 0) is 11.2 Å². The van der Waals surface area contributed by atoms with E-state index < -0.39 is 0 Å². The highest BCUT2D eigenvalue weighted by atomic mass is 16.1. The van der Waals surface area contributed by atoms with Gasteiger partial charge in [-0.3, -0.25) is 4.79 Å². The van der Waals surface area contributed by atoms with Crippen LogP contribution in [0, 0.1) is 5.92 Å². The van der Waals surface area contributed by atoms with E-state index in [0.29, 0.717) is 18.4 Å². The zero-order valence-corrected chi connectivity index (χ0v) is 12.8. The maximum Gasteiger partial charge on any atom is 0.224 e. The molecule has 1 aliphatic heterocycles. The molecule has 110 valence electrons. The van der Waals surface area contributed by atoms with Gasteiger partial charge in [-0.05, 0) is 42.5 Å². The molecule has 0 fully saturated rings. The second-order valence-electron chi connectivity index (χ2n) is 5.78. The van der Waals surface area contributed by atoms with Gasteiger partial charge in [-0.2, -0.15) is 0 Å². The molecule has 0 spiro atoms. The number of anilines is 1. The fraction of sp³-hybridized carbons (Fsp3) is 0.588. The lowest BCUT2D eigenvalue weighted by atomic mass is 9.89. The molecule has 2 unspecified atom stereocenters. The molecule has 0 aliphatic carbocycles. The van der Waals surface area contributed by atoms with Gasteiger partial charge in [0.05, 0.1) is 0 Å². The van der Waals surface area contributed by atoms with Crippen LogP contribution in [0.3, 0.4) is 0 Å². The van der Waals surface area contributed by atoms with Gasteiger partial charge in [-0.25, -0.2) is 0 Å². The highest BCUT2D eigenvalue weighted by molar-refractivity contribution is 5.93. The van der Waals surface area contributed by atoms with E-state index in [-0.39, 0.29) is 5.91 Å². The summed E-state index contributed by atoms with van der Waals surface area (Å²) in [6.07, 6.45) is 3.77. The minimum absolute atomic E-state index is 0.132. The molecule has 3 nitrogen and oxygen atoms in total. The molecule has 1 aliphatic rings. The molecular weight excluding hydrogens is 248 g/mol. The van der Waals surface area contributed by atoms with Gasteiger partial charge in [-0.15, -0.1) is 0 Å². The van der Waals surface area contributed by atoms with Crippen molar-refractivity contribution in [2.45, 2.75) is 52.5 Å². The summed E-state index contributed by atoms with van der Waals surface area (Å²) in [5, 5.41) is 6.62. The summed E-state index contributed by atoms with van der Waals surface area (Å²) in [5.41, 5.74) is 3.61. The quantitative estimate of drug-likeness (QED) is 0.831. The Morgan fingerprint density at radius 3 is 2.80 bits per heavy atom. The number of hydrogen-bond acceptors (Lipinski definition) is 2. The molecule has 0 saturated carbocycles. The van der Waals surface area contributed by atoms with Gasteiger partial charge in [0.1, 0.15) is 0 Å². The normalized spacial score (nSPS) is 17.2. The van der Waals surface area contributed by atoms with E-state index >= 15 is 0 Å². The Bertz CT molecular complexity index is 470. The maximum absolute atomic E-state index is 11.4. The summed E-state index contributed by atoms with van der Waals surface area (Å²) >= 11 is 0. The summed E-state index contributed by atoms with van der Waals surface area (Å²) in [4.78, 5) is 11.4. The molecule has 1 amide bonds. The van der Waals surface area contributed by atoms with Gasteiger partial charge in [-0.1, -0.05) is 39.3 Å². The first kappa shape index (κ1) is 15.0. The topological polar surface area (TPSA) is 41.1 Å². The molecule has 0 bridgehead atoms. The van der Waals surface area contributed by atoms with Crippen molar-refractivity contribution >= 4 is 11.6 Å². The van der Waals surface area contributed by atoms with Crippen LogP contribution < -0.4 is 10.6 Å². The molecule has 2 N–H and O–H groups in total. The summed E-state index contributed by atoms with van der Waals surface area (Å²) in [5.74, 6) is 0.741. The van der Waals surface area contributed by atoms with E-state index in [2.05, 4.69) is 49.6 Å². The fourth-order valence-electron chi connectivity index (χ4n) is 2.78. The van der Waals surface area contributed by atoms with Crippen LogP contribution in [0.1, 0.15) is 57.2 Å². The summed E-state index contributed by atoms with van der Waals surface area (Å²) in [6, 6.07) is 6.89. The molecule has 20 heavy (non-hydrogen) atoms. The largest absolute Gasteiger partial charge is 0.326 e. The lowest BCUT2D eigenvalue weighted by Gasteiger charge is -2.27. The van der Waals surface area contributed by atoms with Crippen LogP contribution in [0.15, 0.2) is 18.2 Å². The SMILES string of the molecule is CCCNC(c1ccc2c(c1)CCC(=O)N2)C(C)CC. The number of benzene rings is 1. The number of aryl methyl sites for hydroxylation is 1. The molecule has 2 rings (SSSR count). The molecule has 0 aromatic heterocycles. The van der Waals surface area contributed by atoms with Crippen molar-refractivity contribution in [3.05, 3.63) is 29.3 Å². The van der Waals surface area contributed by atoms with Crippen molar-refractivity contribution in [2.75, 3.05) is 11.9 Å². The van der Waals surface area contributed by atoms with Crippen molar-refractivity contribution < 1.29 is 4.79 Å². The van der Waals surface area contributed by atoms with Crippen molar-refractivity contribution in [3.63, 3.8) is 0 Å². The van der Waals surface area contributed by atoms with E-state index in [9.17, 15) is 4.79 Å². The summed E-state index contributed by atoms with van der Waals surface area (Å²) in [7, 11) is 0. The predicted molar refractivity (Wildman–Crippen MR) is 83.9 cm³/mol. The van der Waals surface area contributed by atoms with Gasteiger partial charge < -0.3 is 10.6 Å². The second kappa shape index (κ2) is 6.89. The van der Waals surface area contributed by atoms with Crippen molar-refractivity contribution in [1.29, 1.82) is 0 Å². The molecule has 0 saturated heterocycles. The fourth-order valence-corrected chi connectivity index (χ4v) is 2.78. The average Bonchev–Trinajstić information content (AvgIpc) is 2.47. The first-order chi connectivity index (χ1) is 9.65. The number of nitrogens with one attached hydrogen (secondary N) is 2. The Hall–Kier alpha value is -1.35. The van der Waals surface area contributed by atoms with E-state index in [0.717, 1.165) is 31.5 Å². The zero-order valence-electron chi connectivity index (χ0n) is 12.8. The molecule has 3 heteroatoms. The second-order valence-corrected chi connectivity index (χ2v) is 5.78. The first-order valence-corrected chi connectivity index (χ1v) is 7.81. The monoisotopic (exact) mass is 274 g/mol. The van der Waals surface area contributed by atoms with Gasteiger partial charge in [0, 0.05) is 18.2 Å². The van der Waals surface area contributed by atoms with Crippen LogP contribution >= 0.6 is 0 Å². The first-order valence-electron chi connectivity index (χ1n) is 7.81. The van der Waals surface area contributed by atoms with Gasteiger partial charge >= 0.3 is 0 Å². The third kappa shape index (κ3) is 3.40. The Labute approximate surface area is 122 Å². The Balaban J connectivity index is 2.22. The zero-order chi connectivity index (χ0) is 14.5. The van der Waals surface area contributed by atoms with Crippen LogP contribution in [0.25, 0.3) is 0 Å². The molecular formula is C17H26N2O. The van der Waals surface area contributed by atoms with Crippen molar-refractivity contribution in [3.8, 4) is 0 Å². The highest BCUT2D eigenvalue weighted by Gasteiger charge is 2.20. The molecule has 1 aromatic carbocycles. The van der Waals surface area contributed by atoms with E-state index in [1.165, 1.54) is 11.1 Å². The number of rotatable bonds is 6. The standard InChI is InChI=1S/C17H26N2O/c1-4-10-18-17(12(3)5-2)14-6-8-15-13(11-14)7-9-16(20)19-15/h6,8,11-12,17-18H,4-5,7,9-10H2,1-3H3,(H,19,20). The summed E-state index contributed by atoms with van der Waals surface area (Å²) in [6.45, 7) is 7.78. The molecule has 1 aromatic rings. The lowest BCUT2D eigenvalue weighted by Crippen LogP contribution is -2.28. The van der Waals surface area contributed by atoms with Crippen molar-refractivity contribution in [2.24, 2.45) is 5.92 Å². The number of carbonyl (C=O) groups is 1. The number of carbonyl (C=O) groups excluding carboxylic acids is 1. The maximum atomic E-state index is 11.4. The number of hydrogen-bond donors (Lipinski definition) is 2. The summed E-state index contributed by atoms with van der Waals surface area (Å²) < 4.78 is 0. The molecule has 0 radical (unpaired) electrons. The third-order valence-corrected chi connectivity index (χ3v) is 4.21. The minimum atomic E-state index is 0.132. The highest BCUT2D eigenvalue weighted by Crippen LogP contribution is 2.30. The smallest absolute Gasteiger partial charge is 0.224 e. The predicted octanol–water partition coefficient (Wildman–Crippen LogP) is 3.66. The number of fused-ring (bicyclic) bond motifs is 1. The Kier molecular flexibility index (Phi) is 5.18. The lowest BCUT2D eigenvalue weighted by molar-refractivity contribution is -0.116. The van der Waals surface area contributed by atoms with E-state index in [1.807, 2.05) is 0 Å². The van der Waals surface area contributed by atoms with Crippen LogP contribution in [0.4, 0.5) is 5.69 Å². The number of amides is 1. The molecule has 2 atom stereocenters. The van der Waals surface area contributed by atoms with E-state index in [1.54, 1.807) is 0 Å². The van der Waals surface area contributed by atoms with Crippen LogP contribution in [0.5, 0.6) is 0 Å².